The van der Waals surface area contributed by atoms with Crippen LogP contribution >= 0.6 is 45.7 Å². The molecule has 0 fully saturated rings. The predicted molar refractivity (Wildman–Crippen MR) is 71.1 cm³/mol. The average Bonchev–Trinajstić information content (AvgIpc) is 2.43. The Morgan fingerprint density at radius 1 is 1.38 bits per heavy atom. The smallest absolute Gasteiger partial charge is 0.0490 e. The topological polar surface area (TPSA) is 0 Å². The molecule has 0 saturated carbocycles. The second kappa shape index (κ2) is 3.79. The van der Waals surface area contributed by atoms with Gasteiger partial charge in [0.1, 0.15) is 0 Å². The van der Waals surface area contributed by atoms with Crippen molar-refractivity contribution < 1.29 is 0 Å². The molecule has 0 radical (unpaired) electrons. The van der Waals surface area contributed by atoms with Crippen LogP contribution in [0.15, 0.2) is 23.1 Å². The fraction of sp³-hybridized carbons (Fsp3) is 0.200. The van der Waals surface area contributed by atoms with Crippen molar-refractivity contribution in [3.05, 3.63) is 26.6 Å². The van der Waals surface area contributed by atoms with Crippen LogP contribution in [-0.4, -0.2) is 6.26 Å². The summed E-state index contributed by atoms with van der Waals surface area (Å²) in [6, 6.07) is 6.52. The first-order valence-electron chi connectivity index (χ1n) is 3.95. The van der Waals surface area contributed by atoms with Gasteiger partial charge in [-0.15, -0.1) is 23.1 Å². The van der Waals surface area contributed by atoms with Crippen molar-refractivity contribution >= 4 is 55.8 Å². The predicted octanol–water partition coefficient (Wildman–Crippen LogP) is 4.54. The molecule has 0 N–H and O–H groups in total. The Balaban J connectivity index is 2.86. The lowest BCUT2D eigenvalue weighted by molar-refractivity contribution is 1.46. The van der Waals surface area contributed by atoms with Gasteiger partial charge in [-0.3, -0.25) is 0 Å². The van der Waals surface area contributed by atoms with E-state index in [1.54, 1.807) is 0 Å². The standard InChI is InChI=1S/C10H9IS2/c1-6-9(12-2)7-4-3-5-8(11)10(7)13-6/h3-5H,1-2H3. The fourth-order valence-corrected chi connectivity index (χ4v) is 4.33. The highest BCUT2D eigenvalue weighted by molar-refractivity contribution is 14.1. The van der Waals surface area contributed by atoms with Gasteiger partial charge in [-0.1, -0.05) is 12.1 Å². The highest BCUT2D eigenvalue weighted by Crippen LogP contribution is 2.38. The maximum Gasteiger partial charge on any atom is 0.0490 e. The highest BCUT2D eigenvalue weighted by atomic mass is 127. The van der Waals surface area contributed by atoms with Crippen LogP contribution < -0.4 is 0 Å². The molecule has 0 atom stereocenters. The fourth-order valence-electron chi connectivity index (χ4n) is 1.43. The zero-order valence-corrected chi connectivity index (χ0v) is 11.2. The van der Waals surface area contributed by atoms with E-state index in [0.29, 0.717) is 0 Å². The molecule has 0 bridgehead atoms. The van der Waals surface area contributed by atoms with Crippen LogP contribution in [0.5, 0.6) is 0 Å². The van der Waals surface area contributed by atoms with Crippen molar-refractivity contribution in [1.82, 2.24) is 0 Å². The summed E-state index contributed by atoms with van der Waals surface area (Å²) in [7, 11) is 0. The van der Waals surface area contributed by atoms with E-state index in [0.717, 1.165) is 0 Å². The van der Waals surface area contributed by atoms with Crippen molar-refractivity contribution in [1.29, 1.82) is 0 Å². The monoisotopic (exact) mass is 320 g/mol. The van der Waals surface area contributed by atoms with Gasteiger partial charge < -0.3 is 0 Å². The van der Waals surface area contributed by atoms with Gasteiger partial charge >= 0.3 is 0 Å². The summed E-state index contributed by atoms with van der Waals surface area (Å²) >= 11 is 6.15. The minimum Gasteiger partial charge on any atom is -0.138 e. The molecule has 2 rings (SSSR count). The summed E-state index contributed by atoms with van der Waals surface area (Å²) in [5.74, 6) is 0. The van der Waals surface area contributed by atoms with E-state index in [-0.39, 0.29) is 0 Å². The van der Waals surface area contributed by atoms with Gasteiger partial charge in [0, 0.05) is 23.4 Å². The van der Waals surface area contributed by atoms with Gasteiger partial charge in [0.15, 0.2) is 0 Å². The molecule has 3 heteroatoms. The van der Waals surface area contributed by atoms with Crippen LogP contribution in [0.3, 0.4) is 0 Å². The minimum absolute atomic E-state index is 1.36. The van der Waals surface area contributed by atoms with Gasteiger partial charge in [0.2, 0.25) is 0 Å². The lowest BCUT2D eigenvalue weighted by atomic mass is 10.2. The third-order valence-corrected chi connectivity index (χ3v) is 5.47. The molecule has 0 aliphatic rings. The third-order valence-electron chi connectivity index (χ3n) is 1.99. The SMILES string of the molecule is CSc1c(C)sc2c(I)cccc12. The van der Waals surface area contributed by atoms with E-state index < -0.39 is 0 Å². The Hall–Kier alpha value is 0.260. The maximum atomic E-state index is 2.41. The van der Waals surface area contributed by atoms with E-state index in [9.17, 15) is 0 Å². The Morgan fingerprint density at radius 2 is 2.15 bits per heavy atom. The lowest BCUT2D eigenvalue weighted by Crippen LogP contribution is -1.71. The number of hydrogen-bond acceptors (Lipinski definition) is 2. The highest BCUT2D eigenvalue weighted by Gasteiger charge is 2.09. The number of thiophene rings is 1. The molecule has 1 aromatic heterocycles. The summed E-state index contributed by atoms with van der Waals surface area (Å²) < 4.78 is 2.80. The van der Waals surface area contributed by atoms with Gasteiger partial charge in [-0.05, 0) is 41.8 Å². The van der Waals surface area contributed by atoms with Crippen molar-refractivity contribution in [2.75, 3.05) is 6.26 Å². The van der Waals surface area contributed by atoms with E-state index >= 15 is 0 Å². The van der Waals surface area contributed by atoms with Crippen molar-refractivity contribution in [2.24, 2.45) is 0 Å². The molecule has 0 aliphatic carbocycles. The molecule has 0 nitrogen and oxygen atoms in total. The van der Waals surface area contributed by atoms with Crippen LogP contribution in [0.25, 0.3) is 10.1 Å². The van der Waals surface area contributed by atoms with Crippen LogP contribution in [0.4, 0.5) is 0 Å². The zero-order chi connectivity index (χ0) is 9.42. The molecule has 0 saturated heterocycles. The second-order valence-electron chi connectivity index (χ2n) is 2.81. The lowest BCUT2D eigenvalue weighted by Gasteiger charge is -1.95. The zero-order valence-electron chi connectivity index (χ0n) is 7.43. The molecular formula is C10H9IS2. The van der Waals surface area contributed by atoms with E-state index in [1.165, 1.54) is 23.4 Å². The van der Waals surface area contributed by atoms with Crippen molar-refractivity contribution in [3.8, 4) is 0 Å². The molecule has 0 spiro atoms. The summed E-state index contributed by atoms with van der Waals surface area (Å²) in [6.45, 7) is 2.20. The molecule has 2 aromatic rings. The Bertz CT molecular complexity index is 445. The van der Waals surface area contributed by atoms with Crippen molar-refractivity contribution in [3.63, 3.8) is 0 Å². The number of benzene rings is 1. The maximum absolute atomic E-state index is 2.41. The molecule has 0 amide bonds. The summed E-state index contributed by atoms with van der Waals surface area (Å²) in [6.07, 6.45) is 2.15. The summed E-state index contributed by atoms with van der Waals surface area (Å²) in [5, 5.41) is 1.42. The molecule has 0 unspecified atom stereocenters. The Labute approximate surface area is 99.9 Å². The number of aryl methyl sites for hydroxylation is 1. The van der Waals surface area contributed by atoms with Crippen LogP contribution in [0.2, 0.25) is 0 Å². The van der Waals surface area contributed by atoms with Gasteiger partial charge in [-0.25, -0.2) is 0 Å². The number of rotatable bonds is 1. The molecule has 1 aromatic carbocycles. The molecular weight excluding hydrogens is 311 g/mol. The first kappa shape index (κ1) is 9.80. The molecule has 0 aliphatic heterocycles. The van der Waals surface area contributed by atoms with E-state index in [1.807, 2.05) is 23.1 Å². The average molecular weight is 320 g/mol. The van der Waals surface area contributed by atoms with E-state index in [2.05, 4.69) is 54.0 Å². The largest absolute Gasteiger partial charge is 0.138 e. The first-order valence-corrected chi connectivity index (χ1v) is 7.07. The van der Waals surface area contributed by atoms with E-state index in [4.69, 9.17) is 0 Å². The first-order chi connectivity index (χ1) is 6.24. The summed E-state index contributed by atoms with van der Waals surface area (Å²) in [4.78, 5) is 2.88. The molecule has 13 heavy (non-hydrogen) atoms. The number of halogens is 1. The van der Waals surface area contributed by atoms with Gasteiger partial charge in [0.25, 0.3) is 0 Å². The van der Waals surface area contributed by atoms with Crippen LogP contribution in [0.1, 0.15) is 4.88 Å². The summed E-state index contributed by atoms with van der Waals surface area (Å²) in [5.41, 5.74) is 0. The van der Waals surface area contributed by atoms with Gasteiger partial charge in [0.05, 0.1) is 0 Å². The second-order valence-corrected chi connectivity index (χ2v) is 6.01. The quantitative estimate of drug-likeness (QED) is 0.549. The van der Waals surface area contributed by atoms with Crippen LogP contribution in [0, 0.1) is 10.5 Å². The van der Waals surface area contributed by atoms with Gasteiger partial charge in [-0.2, -0.15) is 0 Å². The number of thioether (sulfide) groups is 1. The number of hydrogen-bond donors (Lipinski definition) is 0. The molecule has 1 heterocycles. The normalized spacial score (nSPS) is 11.0. The third kappa shape index (κ3) is 1.62. The van der Waals surface area contributed by atoms with Crippen molar-refractivity contribution in [2.45, 2.75) is 11.8 Å². The Morgan fingerprint density at radius 3 is 2.85 bits per heavy atom. The Kier molecular flexibility index (Phi) is 2.86. The number of fused-ring (bicyclic) bond motifs is 1. The van der Waals surface area contributed by atoms with Crippen LogP contribution in [-0.2, 0) is 0 Å². The minimum atomic E-state index is 1.36. The molecule has 68 valence electrons.